The number of carboxylic acids is 1. The molecule has 0 bridgehead atoms. The minimum absolute atomic E-state index is 0.471. The molecule has 3 rings (SSSR count). The van der Waals surface area contributed by atoms with Gasteiger partial charge >= 0.3 is 5.97 Å². The van der Waals surface area contributed by atoms with Crippen molar-refractivity contribution in [3.8, 4) is 0 Å². The average Bonchev–Trinajstić information content (AvgIpc) is 2.82. The number of rotatable bonds is 3. The third kappa shape index (κ3) is 2.40. The summed E-state index contributed by atoms with van der Waals surface area (Å²) in [6.07, 6.45) is 0.580. The van der Waals surface area contributed by atoms with Gasteiger partial charge in [-0.1, -0.05) is 36.4 Å². The molecule has 0 aromatic heterocycles. The zero-order chi connectivity index (χ0) is 15.0. The Hall–Kier alpha value is -2.29. The van der Waals surface area contributed by atoms with Crippen LogP contribution in [0.15, 0.2) is 42.5 Å². The first-order valence-corrected chi connectivity index (χ1v) is 7.20. The third-order valence-electron chi connectivity index (χ3n) is 4.35. The number of nitrogens with zero attached hydrogens (tertiary/aromatic N) is 1. The molecule has 0 saturated heterocycles. The predicted octanol–water partition coefficient (Wildman–Crippen LogP) is 3.32. The summed E-state index contributed by atoms with van der Waals surface area (Å²) < 4.78 is 0. The minimum atomic E-state index is -0.752. The summed E-state index contributed by atoms with van der Waals surface area (Å²) in [5.74, 6) is -0.752. The van der Waals surface area contributed by atoms with E-state index >= 15 is 0 Å². The lowest BCUT2D eigenvalue weighted by molar-refractivity contribution is -0.138. The Labute approximate surface area is 124 Å². The Morgan fingerprint density at radius 2 is 1.81 bits per heavy atom. The zero-order valence-corrected chi connectivity index (χ0v) is 12.3. The molecule has 108 valence electrons. The first kappa shape index (κ1) is 13.7. The van der Waals surface area contributed by atoms with Crippen LogP contribution < -0.4 is 4.90 Å². The molecule has 2 aromatic rings. The molecule has 0 saturated carbocycles. The second-order valence-corrected chi connectivity index (χ2v) is 5.69. The summed E-state index contributed by atoms with van der Waals surface area (Å²) in [5.41, 5.74) is 5.82. The fraction of sp³-hybridized carbons (Fsp3) is 0.278. The number of para-hydroxylation sites is 1. The Morgan fingerprint density at radius 3 is 2.48 bits per heavy atom. The van der Waals surface area contributed by atoms with Crippen LogP contribution in [0.5, 0.6) is 0 Å². The molecule has 1 N–H and O–H groups in total. The smallest absolute Gasteiger partial charge is 0.326 e. The van der Waals surface area contributed by atoms with Crippen LogP contribution in [0.2, 0.25) is 0 Å². The normalized spacial score (nSPS) is 16.9. The maximum absolute atomic E-state index is 11.6. The van der Waals surface area contributed by atoms with Crippen molar-refractivity contribution >= 4 is 11.7 Å². The van der Waals surface area contributed by atoms with Gasteiger partial charge in [0, 0.05) is 18.7 Å². The topological polar surface area (TPSA) is 40.5 Å². The number of aryl methyl sites for hydroxylation is 2. The van der Waals surface area contributed by atoms with Gasteiger partial charge in [-0.3, -0.25) is 0 Å². The van der Waals surface area contributed by atoms with Crippen molar-refractivity contribution in [1.29, 1.82) is 0 Å². The highest BCUT2D eigenvalue weighted by Crippen LogP contribution is 2.34. The number of hydrogen-bond acceptors (Lipinski definition) is 2. The number of carboxylic acid groups (broad SMARTS) is 1. The van der Waals surface area contributed by atoms with Gasteiger partial charge in [-0.2, -0.15) is 0 Å². The van der Waals surface area contributed by atoms with E-state index in [0.29, 0.717) is 13.0 Å². The van der Waals surface area contributed by atoms with Gasteiger partial charge < -0.3 is 10.0 Å². The highest BCUT2D eigenvalue weighted by atomic mass is 16.4. The van der Waals surface area contributed by atoms with Gasteiger partial charge in [0.1, 0.15) is 6.04 Å². The second-order valence-electron chi connectivity index (χ2n) is 5.69. The molecule has 0 radical (unpaired) electrons. The van der Waals surface area contributed by atoms with Gasteiger partial charge in [-0.25, -0.2) is 4.79 Å². The summed E-state index contributed by atoms with van der Waals surface area (Å²) >= 11 is 0. The van der Waals surface area contributed by atoms with E-state index in [9.17, 15) is 9.90 Å². The summed E-state index contributed by atoms with van der Waals surface area (Å²) in [4.78, 5) is 13.6. The summed E-state index contributed by atoms with van der Waals surface area (Å²) in [7, 11) is 0. The number of fused-ring (bicyclic) bond motifs is 1. The van der Waals surface area contributed by atoms with Crippen LogP contribution in [0.3, 0.4) is 0 Å². The number of anilines is 1. The van der Waals surface area contributed by atoms with Crippen molar-refractivity contribution in [2.75, 3.05) is 4.90 Å². The molecule has 0 fully saturated rings. The quantitative estimate of drug-likeness (QED) is 0.938. The Balaban J connectivity index is 2.01. The molecule has 0 amide bonds. The van der Waals surface area contributed by atoms with E-state index in [1.807, 2.05) is 35.2 Å². The highest BCUT2D eigenvalue weighted by molar-refractivity contribution is 5.82. The number of hydrogen-bond donors (Lipinski definition) is 1. The van der Waals surface area contributed by atoms with E-state index in [4.69, 9.17) is 0 Å². The molecule has 3 heteroatoms. The average molecular weight is 281 g/mol. The van der Waals surface area contributed by atoms with E-state index in [-0.39, 0.29) is 0 Å². The fourth-order valence-corrected chi connectivity index (χ4v) is 3.13. The van der Waals surface area contributed by atoms with Gasteiger partial charge in [0.05, 0.1) is 0 Å². The number of carbonyl (C=O) groups is 1. The molecular formula is C18H19NO2. The van der Waals surface area contributed by atoms with E-state index < -0.39 is 12.0 Å². The van der Waals surface area contributed by atoms with E-state index in [0.717, 1.165) is 11.3 Å². The molecular weight excluding hydrogens is 262 g/mol. The summed E-state index contributed by atoms with van der Waals surface area (Å²) in [5, 5.41) is 9.53. The Kier molecular flexibility index (Phi) is 3.42. The lowest BCUT2D eigenvalue weighted by Crippen LogP contribution is -2.38. The zero-order valence-electron chi connectivity index (χ0n) is 12.3. The van der Waals surface area contributed by atoms with Crippen LogP contribution in [0.4, 0.5) is 5.69 Å². The largest absolute Gasteiger partial charge is 0.480 e. The van der Waals surface area contributed by atoms with E-state index in [1.54, 1.807) is 0 Å². The maximum Gasteiger partial charge on any atom is 0.326 e. The van der Waals surface area contributed by atoms with Gasteiger partial charge in [-0.15, -0.1) is 0 Å². The molecule has 0 spiro atoms. The van der Waals surface area contributed by atoms with Crippen LogP contribution in [-0.2, 0) is 17.8 Å². The molecule has 1 aliphatic rings. The summed E-state index contributed by atoms with van der Waals surface area (Å²) in [6.45, 7) is 4.81. The van der Waals surface area contributed by atoms with Crippen molar-refractivity contribution in [3.05, 3.63) is 64.7 Å². The van der Waals surface area contributed by atoms with Crippen molar-refractivity contribution < 1.29 is 9.90 Å². The second kappa shape index (κ2) is 5.24. The first-order valence-electron chi connectivity index (χ1n) is 7.20. The lowest BCUT2D eigenvalue weighted by Gasteiger charge is -2.26. The fourth-order valence-electron chi connectivity index (χ4n) is 3.13. The standard InChI is InChI=1S/C18H19NO2/c1-12-6-5-7-13(2)15(12)11-19-16-9-4-3-8-14(16)10-17(19)18(20)21/h3-9,17H,10-11H2,1-2H3,(H,20,21). The van der Waals surface area contributed by atoms with Crippen molar-refractivity contribution in [2.24, 2.45) is 0 Å². The van der Waals surface area contributed by atoms with Crippen LogP contribution in [0.1, 0.15) is 22.3 Å². The van der Waals surface area contributed by atoms with Crippen LogP contribution in [-0.4, -0.2) is 17.1 Å². The molecule has 3 nitrogen and oxygen atoms in total. The van der Waals surface area contributed by atoms with Crippen LogP contribution in [0.25, 0.3) is 0 Å². The molecule has 2 aromatic carbocycles. The van der Waals surface area contributed by atoms with Crippen molar-refractivity contribution in [1.82, 2.24) is 0 Å². The number of aliphatic carboxylic acids is 1. The van der Waals surface area contributed by atoms with Crippen molar-refractivity contribution in [2.45, 2.75) is 32.9 Å². The van der Waals surface area contributed by atoms with E-state index in [1.165, 1.54) is 16.7 Å². The number of benzene rings is 2. The molecule has 1 unspecified atom stereocenters. The molecule has 1 atom stereocenters. The Morgan fingerprint density at radius 1 is 1.14 bits per heavy atom. The monoisotopic (exact) mass is 281 g/mol. The lowest BCUT2D eigenvalue weighted by atomic mass is 10.0. The highest BCUT2D eigenvalue weighted by Gasteiger charge is 2.34. The van der Waals surface area contributed by atoms with Crippen LogP contribution >= 0.6 is 0 Å². The van der Waals surface area contributed by atoms with Gasteiger partial charge in [0.2, 0.25) is 0 Å². The molecule has 1 heterocycles. The van der Waals surface area contributed by atoms with Gasteiger partial charge in [0.15, 0.2) is 0 Å². The molecule has 0 aliphatic carbocycles. The van der Waals surface area contributed by atoms with Crippen LogP contribution in [0, 0.1) is 13.8 Å². The first-order chi connectivity index (χ1) is 10.1. The molecule has 21 heavy (non-hydrogen) atoms. The van der Waals surface area contributed by atoms with Gasteiger partial charge in [0.25, 0.3) is 0 Å². The Bertz CT molecular complexity index is 673. The van der Waals surface area contributed by atoms with Crippen molar-refractivity contribution in [3.63, 3.8) is 0 Å². The third-order valence-corrected chi connectivity index (χ3v) is 4.35. The van der Waals surface area contributed by atoms with Gasteiger partial charge in [-0.05, 0) is 42.2 Å². The summed E-state index contributed by atoms with van der Waals surface area (Å²) in [6, 6.07) is 13.7. The van der Waals surface area contributed by atoms with E-state index in [2.05, 4.69) is 26.0 Å². The molecule has 1 aliphatic heterocycles. The maximum atomic E-state index is 11.6. The predicted molar refractivity (Wildman–Crippen MR) is 83.7 cm³/mol. The SMILES string of the molecule is Cc1cccc(C)c1CN1c2ccccc2CC1C(=O)O. The minimum Gasteiger partial charge on any atom is -0.480 e.